The van der Waals surface area contributed by atoms with E-state index in [1.165, 1.54) is 58.7 Å². The molecule has 10 heteroatoms. The van der Waals surface area contributed by atoms with Gasteiger partial charge in [0.15, 0.2) is 0 Å². The number of piperidine rings is 1. The van der Waals surface area contributed by atoms with E-state index in [4.69, 9.17) is 0 Å². The third-order valence-electron chi connectivity index (χ3n) is 4.99. The van der Waals surface area contributed by atoms with Gasteiger partial charge in [0.2, 0.25) is 10.0 Å². The van der Waals surface area contributed by atoms with Crippen molar-refractivity contribution in [2.45, 2.75) is 37.1 Å². The Morgan fingerprint density at radius 2 is 1.74 bits per heavy atom. The summed E-state index contributed by atoms with van der Waals surface area (Å²) < 4.78 is 69.1. The van der Waals surface area contributed by atoms with Crippen LogP contribution >= 0.6 is 0 Å². The number of sulfonamides is 1. The second kappa shape index (κ2) is 9.27. The maximum absolute atomic E-state index is 12.9. The molecular weight excluding hydrogens is 433 g/mol. The van der Waals surface area contributed by atoms with Crippen molar-refractivity contribution in [1.29, 1.82) is 0 Å². The summed E-state index contributed by atoms with van der Waals surface area (Å²) in [6, 6.07) is 11.3. The number of rotatable bonds is 6. The zero-order valence-corrected chi connectivity index (χ0v) is 17.7. The molecule has 0 radical (unpaired) electrons. The van der Waals surface area contributed by atoms with E-state index in [1.807, 2.05) is 0 Å². The predicted molar refractivity (Wildman–Crippen MR) is 108 cm³/mol. The molecule has 0 unspecified atom stereocenters. The van der Waals surface area contributed by atoms with Gasteiger partial charge in [-0.05, 0) is 37.1 Å². The maximum atomic E-state index is 12.9. The number of benzene rings is 2. The minimum Gasteiger partial charge on any atom is -0.405 e. The van der Waals surface area contributed by atoms with E-state index in [9.17, 15) is 26.4 Å². The molecule has 2 aromatic carbocycles. The molecule has 1 aliphatic rings. The normalized spacial score (nSPS) is 15.5. The summed E-state index contributed by atoms with van der Waals surface area (Å²) >= 11 is 0. The highest BCUT2D eigenvalue weighted by Crippen LogP contribution is 2.27. The molecule has 0 aliphatic carbocycles. The molecule has 0 atom stereocenters. The molecule has 3 rings (SSSR count). The average molecular weight is 456 g/mol. The van der Waals surface area contributed by atoms with Crippen LogP contribution in [0.1, 0.15) is 35.2 Å². The van der Waals surface area contributed by atoms with Crippen molar-refractivity contribution in [1.82, 2.24) is 9.21 Å². The smallest absolute Gasteiger partial charge is 0.405 e. The van der Waals surface area contributed by atoms with Crippen molar-refractivity contribution in [3.63, 3.8) is 0 Å². The molecule has 6 nitrogen and oxygen atoms in total. The van der Waals surface area contributed by atoms with Crippen LogP contribution in [0.3, 0.4) is 0 Å². The van der Waals surface area contributed by atoms with Crippen LogP contribution < -0.4 is 4.74 Å². The zero-order chi connectivity index (χ0) is 22.6. The second-order valence-electron chi connectivity index (χ2n) is 7.31. The van der Waals surface area contributed by atoms with Crippen LogP contribution in [0.25, 0.3) is 0 Å². The molecule has 0 saturated carbocycles. The Labute approximate surface area is 179 Å². The Kier molecular flexibility index (Phi) is 6.90. The summed E-state index contributed by atoms with van der Waals surface area (Å²) in [5, 5.41) is 0. The summed E-state index contributed by atoms with van der Waals surface area (Å²) in [7, 11) is -2.28. The van der Waals surface area contributed by atoms with E-state index in [2.05, 4.69) is 4.74 Å². The van der Waals surface area contributed by atoms with Crippen LogP contribution in [0, 0.1) is 0 Å². The number of nitrogens with zero attached hydrogens (tertiary/aromatic N) is 2. The fraction of sp³-hybridized carbons (Fsp3) is 0.381. The zero-order valence-electron chi connectivity index (χ0n) is 16.9. The fourth-order valence-electron chi connectivity index (χ4n) is 3.45. The van der Waals surface area contributed by atoms with E-state index in [1.54, 1.807) is 6.07 Å². The van der Waals surface area contributed by atoms with Gasteiger partial charge in [-0.25, -0.2) is 8.42 Å². The molecule has 31 heavy (non-hydrogen) atoms. The van der Waals surface area contributed by atoms with Crippen LogP contribution in [0.5, 0.6) is 5.75 Å². The predicted octanol–water partition coefficient (Wildman–Crippen LogP) is 4.03. The molecule has 1 fully saturated rings. The van der Waals surface area contributed by atoms with Gasteiger partial charge in [0.05, 0.1) is 4.90 Å². The summed E-state index contributed by atoms with van der Waals surface area (Å²) in [5.74, 6) is -0.909. The lowest BCUT2D eigenvalue weighted by atomic mass is 10.1. The van der Waals surface area contributed by atoms with Gasteiger partial charge in [-0.15, -0.1) is 13.2 Å². The van der Waals surface area contributed by atoms with Crippen molar-refractivity contribution < 1.29 is 31.1 Å². The summed E-state index contributed by atoms with van der Waals surface area (Å²) in [5.41, 5.74) is 0.308. The number of alkyl halides is 3. The van der Waals surface area contributed by atoms with Crippen LogP contribution in [0.4, 0.5) is 13.2 Å². The third-order valence-corrected chi connectivity index (χ3v) is 6.88. The molecule has 1 heterocycles. The number of para-hydroxylation sites is 1. The number of hydrogen-bond acceptors (Lipinski definition) is 4. The van der Waals surface area contributed by atoms with E-state index in [0.717, 1.165) is 19.3 Å². The van der Waals surface area contributed by atoms with Gasteiger partial charge in [-0.2, -0.15) is 4.31 Å². The lowest BCUT2D eigenvalue weighted by Crippen LogP contribution is -2.35. The molecule has 0 aromatic heterocycles. The standard InChI is InChI=1S/C21H23F3N2O4S/c1-25(15-17-8-3-4-11-19(17)30-21(22,23)24)20(27)16-9-7-10-18(14-16)31(28,29)26-12-5-2-6-13-26/h3-4,7-11,14H,2,5-6,12-13,15H2,1H3. The SMILES string of the molecule is CN(Cc1ccccc1OC(F)(F)F)C(=O)c1cccc(S(=O)(=O)N2CCCCC2)c1. The van der Waals surface area contributed by atoms with Crippen molar-refractivity contribution in [2.75, 3.05) is 20.1 Å². The average Bonchev–Trinajstić information content (AvgIpc) is 2.74. The monoisotopic (exact) mass is 456 g/mol. The van der Waals surface area contributed by atoms with Gasteiger partial charge in [0.1, 0.15) is 5.75 Å². The number of carbonyl (C=O) groups is 1. The fourth-order valence-corrected chi connectivity index (χ4v) is 5.01. The van der Waals surface area contributed by atoms with Crippen molar-refractivity contribution in [2.24, 2.45) is 0 Å². The Bertz CT molecular complexity index is 1030. The van der Waals surface area contributed by atoms with Crippen molar-refractivity contribution >= 4 is 15.9 Å². The molecule has 1 saturated heterocycles. The number of halogens is 3. The van der Waals surface area contributed by atoms with E-state index in [0.29, 0.717) is 13.1 Å². The Hall–Kier alpha value is -2.59. The second-order valence-corrected chi connectivity index (χ2v) is 9.25. The first-order valence-electron chi connectivity index (χ1n) is 9.77. The number of ether oxygens (including phenoxy) is 1. The van der Waals surface area contributed by atoms with Crippen LogP contribution in [0.15, 0.2) is 53.4 Å². The van der Waals surface area contributed by atoms with Crippen molar-refractivity contribution in [3.05, 3.63) is 59.7 Å². The molecule has 0 bridgehead atoms. The van der Waals surface area contributed by atoms with Gasteiger partial charge in [0, 0.05) is 37.8 Å². The molecular formula is C21H23F3N2O4S. The van der Waals surface area contributed by atoms with Gasteiger partial charge < -0.3 is 9.64 Å². The summed E-state index contributed by atoms with van der Waals surface area (Å²) in [6.07, 6.45) is -2.29. The number of hydrogen-bond donors (Lipinski definition) is 0. The highest BCUT2D eigenvalue weighted by Gasteiger charge is 2.32. The van der Waals surface area contributed by atoms with E-state index in [-0.39, 0.29) is 22.6 Å². The van der Waals surface area contributed by atoms with E-state index < -0.39 is 28.0 Å². The Balaban J connectivity index is 1.79. The quantitative estimate of drug-likeness (QED) is 0.658. The summed E-state index contributed by atoms with van der Waals surface area (Å²) in [6.45, 7) is 0.737. The molecule has 0 N–H and O–H groups in total. The molecule has 1 aliphatic heterocycles. The topological polar surface area (TPSA) is 66.9 Å². The molecule has 0 spiro atoms. The van der Waals surface area contributed by atoms with Crippen LogP contribution in [0.2, 0.25) is 0 Å². The molecule has 2 aromatic rings. The first-order chi connectivity index (χ1) is 14.6. The number of carbonyl (C=O) groups excluding carboxylic acids is 1. The van der Waals surface area contributed by atoms with Gasteiger partial charge in [0.25, 0.3) is 5.91 Å². The van der Waals surface area contributed by atoms with Crippen LogP contribution in [-0.2, 0) is 16.6 Å². The maximum Gasteiger partial charge on any atom is 0.573 e. The lowest BCUT2D eigenvalue weighted by molar-refractivity contribution is -0.275. The highest BCUT2D eigenvalue weighted by atomic mass is 32.2. The molecule has 1 amide bonds. The summed E-state index contributed by atoms with van der Waals surface area (Å²) in [4.78, 5) is 14.1. The molecule has 168 valence electrons. The van der Waals surface area contributed by atoms with Gasteiger partial charge in [-0.1, -0.05) is 30.7 Å². The number of amides is 1. The first-order valence-corrected chi connectivity index (χ1v) is 11.2. The lowest BCUT2D eigenvalue weighted by Gasteiger charge is -2.26. The van der Waals surface area contributed by atoms with Crippen LogP contribution in [-0.4, -0.2) is 50.0 Å². The van der Waals surface area contributed by atoms with E-state index >= 15 is 0 Å². The Morgan fingerprint density at radius 1 is 1.06 bits per heavy atom. The minimum atomic E-state index is -4.85. The Morgan fingerprint density at radius 3 is 2.42 bits per heavy atom. The minimum absolute atomic E-state index is 0.0226. The first kappa shape index (κ1) is 23.1. The van der Waals surface area contributed by atoms with Crippen molar-refractivity contribution in [3.8, 4) is 5.75 Å². The highest BCUT2D eigenvalue weighted by molar-refractivity contribution is 7.89. The largest absolute Gasteiger partial charge is 0.573 e. The van der Waals surface area contributed by atoms with Gasteiger partial charge in [-0.3, -0.25) is 4.79 Å². The third kappa shape index (κ3) is 5.76. The van der Waals surface area contributed by atoms with Gasteiger partial charge >= 0.3 is 6.36 Å².